The molecular weight excluding hydrogens is 702 g/mol. The van der Waals surface area contributed by atoms with Crippen LogP contribution in [0.15, 0.2) is 34.3 Å². The zero-order valence-corrected chi connectivity index (χ0v) is 27.3. The number of hydrogen-bond acceptors (Lipinski definition) is 8. The van der Waals surface area contributed by atoms with E-state index in [0.29, 0.717) is 0 Å². The van der Waals surface area contributed by atoms with Gasteiger partial charge in [0.15, 0.2) is 20.2 Å². The Labute approximate surface area is 262 Å². The molecule has 259 valence electrons. The number of alkyl halides is 6. The molecule has 0 amide bonds. The van der Waals surface area contributed by atoms with Crippen LogP contribution in [-0.4, -0.2) is 48.4 Å². The predicted octanol–water partition coefficient (Wildman–Crippen LogP) is 3.76. The maximum Gasteiger partial charge on any atom is 2.00 e. The minimum atomic E-state index is -6.09. The Balaban J connectivity index is -0.000000213. The van der Waals surface area contributed by atoms with Crippen LogP contribution in [0.1, 0.15) is 47.2 Å². The Bertz CT molecular complexity index is 1350. The molecule has 11 nitrogen and oxygen atoms in total. The summed E-state index contributed by atoms with van der Waals surface area (Å²) in [5.41, 5.74) is 0.147. The van der Waals surface area contributed by atoms with E-state index < -0.39 is 31.3 Å². The minimum absolute atomic E-state index is 0. The van der Waals surface area contributed by atoms with Gasteiger partial charge in [0.1, 0.15) is 0 Å². The molecule has 2 aromatic rings. The number of halogens is 6. The summed E-state index contributed by atoms with van der Waals surface area (Å²) in [6.07, 6.45) is 0. The number of benzene rings is 2. The van der Waals surface area contributed by atoms with Crippen molar-refractivity contribution in [1.29, 1.82) is 0 Å². The van der Waals surface area contributed by atoms with Crippen molar-refractivity contribution >= 4 is 43.0 Å². The summed E-state index contributed by atoms with van der Waals surface area (Å²) in [7, 11) is -12.2. The molecule has 0 fully saturated rings. The smallest absolute Gasteiger partial charge is 0.741 e. The first-order valence-electron chi connectivity index (χ1n) is 11.0. The van der Waals surface area contributed by atoms with Gasteiger partial charge < -0.3 is 25.5 Å². The number of rotatable bonds is 3. The molecule has 0 atom stereocenters. The Morgan fingerprint density at radius 3 is 0.864 bits per heavy atom. The average Bonchev–Trinajstić information content (AvgIpc) is 2.71. The number of hydrogen-bond donors (Lipinski definition) is 0. The van der Waals surface area contributed by atoms with Crippen LogP contribution in [0.5, 0.6) is 0 Å². The Hall–Kier alpha value is -2.42. The second kappa shape index (κ2) is 19.2. The summed E-state index contributed by atoms with van der Waals surface area (Å²) in [4.78, 5) is 9.72. The van der Waals surface area contributed by atoms with Gasteiger partial charge in [0, 0.05) is 0 Å². The van der Waals surface area contributed by atoms with Crippen LogP contribution in [0.2, 0.25) is 0 Å². The maximum absolute atomic E-state index is 10.7. The van der Waals surface area contributed by atoms with Crippen LogP contribution in [0, 0.1) is 41.5 Å². The van der Waals surface area contributed by atoms with Crippen molar-refractivity contribution in [1.82, 2.24) is 0 Å². The van der Waals surface area contributed by atoms with Gasteiger partial charge >= 0.3 is 28.1 Å². The van der Waals surface area contributed by atoms with E-state index in [4.69, 9.17) is 35.9 Å². The summed E-state index contributed by atoms with van der Waals surface area (Å²) in [5, 5.41) is 0. The first-order valence-corrected chi connectivity index (χ1v) is 13.8. The minimum Gasteiger partial charge on any atom is -0.741 e. The number of aliphatic imine (C=N–C) groups is 2. The summed E-state index contributed by atoms with van der Waals surface area (Å²) < 4.78 is 118. The van der Waals surface area contributed by atoms with Gasteiger partial charge in [-0.3, -0.25) is 9.98 Å². The van der Waals surface area contributed by atoms with Gasteiger partial charge in [-0.15, -0.1) is 0 Å². The topological polar surface area (TPSA) is 238 Å². The molecule has 44 heavy (non-hydrogen) atoms. The van der Waals surface area contributed by atoms with Crippen molar-refractivity contribution in [3.8, 4) is 0 Å². The molecule has 0 unspecified atom stereocenters. The van der Waals surface area contributed by atoms with Crippen LogP contribution in [-0.2, 0) is 53.7 Å². The molecule has 20 heteroatoms. The molecule has 0 aliphatic rings. The van der Waals surface area contributed by atoms with E-state index in [9.17, 15) is 26.3 Å². The van der Waals surface area contributed by atoms with Crippen molar-refractivity contribution in [2.75, 3.05) is 0 Å². The first kappa shape index (κ1) is 51.2. The molecule has 0 saturated carbocycles. The van der Waals surface area contributed by atoms with Crippen molar-refractivity contribution in [3.05, 3.63) is 57.6 Å². The summed E-state index contributed by atoms with van der Waals surface area (Å²) in [5.74, 6) is 0. The third-order valence-corrected chi connectivity index (χ3v) is 6.05. The van der Waals surface area contributed by atoms with Gasteiger partial charge in [0.05, 0.1) is 22.8 Å². The molecule has 0 aliphatic carbocycles. The number of aryl methyl sites for hydroxylation is 6. The van der Waals surface area contributed by atoms with Gasteiger partial charge in [0.2, 0.25) is 0 Å². The van der Waals surface area contributed by atoms with Crippen LogP contribution in [0.3, 0.4) is 0 Å². The second-order valence-corrected chi connectivity index (χ2v) is 11.4. The molecule has 0 saturated heterocycles. The fourth-order valence-electron chi connectivity index (χ4n) is 3.19. The van der Waals surface area contributed by atoms with E-state index >= 15 is 0 Å². The summed E-state index contributed by atoms with van der Waals surface area (Å²) >= 11 is 0. The molecular formula is C24H37CuF6N2O9S2+3. The molecule has 2 rings (SSSR count). The molecule has 0 aromatic heterocycles. The monoisotopic (exact) mass is 738 g/mol. The standard InChI is InChI=1S/C22H28N2.2CHF3O3S.Cu.3H2O/c1-13-9-15(3)21(16(4)10-13)23-19(7)20(8)24-22-17(5)11-14(2)12-18(22)6;2*2-1(3,4)8(5,6)7;;;;/h9-12H,1-8H3;2*(H,5,6,7);;3*1H2/q;;;+2;;;/p+1. The first-order chi connectivity index (χ1) is 17.7. The Morgan fingerprint density at radius 2 is 0.727 bits per heavy atom. The third-order valence-electron chi connectivity index (χ3n) is 4.92. The zero-order valence-electron chi connectivity index (χ0n) is 24.8. The van der Waals surface area contributed by atoms with Gasteiger partial charge in [-0.2, -0.15) is 26.3 Å². The van der Waals surface area contributed by atoms with Crippen molar-refractivity contribution in [2.24, 2.45) is 9.98 Å². The Morgan fingerprint density at radius 1 is 0.568 bits per heavy atom. The quantitative estimate of drug-likeness (QED) is 0.113. The molecule has 2 aromatic carbocycles. The largest absolute Gasteiger partial charge is 2.00 e. The number of nitrogens with zero attached hydrogens (tertiary/aromatic N) is 2. The van der Waals surface area contributed by atoms with Crippen molar-refractivity contribution in [2.45, 2.75) is 66.4 Å². The van der Waals surface area contributed by atoms with Crippen molar-refractivity contribution < 1.29 is 85.8 Å². The maximum atomic E-state index is 10.7. The fourth-order valence-corrected chi connectivity index (χ4v) is 3.19. The van der Waals surface area contributed by atoms with E-state index in [1.54, 1.807) is 0 Å². The zero-order chi connectivity index (χ0) is 32.0. The van der Waals surface area contributed by atoms with Crippen LogP contribution < -0.4 is 0 Å². The van der Waals surface area contributed by atoms with Crippen LogP contribution >= 0.6 is 0 Å². The molecule has 0 spiro atoms. The molecule has 9 N–H and O–H groups in total. The van der Waals surface area contributed by atoms with E-state index in [1.807, 2.05) is 13.8 Å². The van der Waals surface area contributed by atoms with Gasteiger partial charge in [-0.1, -0.05) is 35.4 Å². The third kappa shape index (κ3) is 16.6. The van der Waals surface area contributed by atoms with Gasteiger partial charge in [0.25, 0.3) is 0 Å². The fraction of sp³-hybridized carbons (Fsp3) is 0.417. The molecule has 0 heterocycles. The van der Waals surface area contributed by atoms with E-state index in [2.05, 4.69) is 65.8 Å². The predicted molar refractivity (Wildman–Crippen MR) is 153 cm³/mol. The summed E-state index contributed by atoms with van der Waals surface area (Å²) in [6, 6.07) is 8.72. The van der Waals surface area contributed by atoms with Gasteiger partial charge in [-0.25, -0.2) is 16.8 Å². The molecule has 1 radical (unpaired) electrons. The van der Waals surface area contributed by atoms with E-state index in [-0.39, 0.29) is 33.5 Å². The van der Waals surface area contributed by atoms with Gasteiger partial charge in [-0.05, 0) is 77.6 Å². The average molecular weight is 739 g/mol. The van der Waals surface area contributed by atoms with Crippen LogP contribution in [0.4, 0.5) is 37.7 Å². The molecule has 0 bridgehead atoms. The van der Waals surface area contributed by atoms with Crippen LogP contribution in [0.25, 0.3) is 0 Å². The SMILES string of the molecule is CC(=Nc1c(C)cc(C)cc1C)C(C)=Nc1c(C)cc(C)cc1C.O=S(=O)([O-])C(F)(F)F.O=S(=O)([O-])C(F)(F)F.[Cu+2].[OH3+].[OH3+].[OH3+]. The second-order valence-electron chi connectivity index (χ2n) is 8.69. The van der Waals surface area contributed by atoms with Crippen molar-refractivity contribution in [3.63, 3.8) is 0 Å². The normalized spacial score (nSPS) is 12.0. The summed E-state index contributed by atoms with van der Waals surface area (Å²) in [6.45, 7) is 16.8. The van der Waals surface area contributed by atoms with E-state index in [0.717, 1.165) is 22.8 Å². The molecule has 0 aliphatic heterocycles. The van der Waals surface area contributed by atoms with E-state index in [1.165, 1.54) is 33.4 Å². The Kier molecular flexibility index (Phi) is 22.3.